The summed E-state index contributed by atoms with van der Waals surface area (Å²) in [5, 5.41) is 13.9. The first-order valence-corrected chi connectivity index (χ1v) is 10.1. The van der Waals surface area contributed by atoms with Crippen molar-refractivity contribution in [2.75, 3.05) is 11.4 Å². The molecule has 2 aromatic heterocycles. The van der Waals surface area contributed by atoms with Gasteiger partial charge >= 0.3 is 0 Å². The summed E-state index contributed by atoms with van der Waals surface area (Å²) >= 11 is 0. The first-order chi connectivity index (χ1) is 13.7. The summed E-state index contributed by atoms with van der Waals surface area (Å²) in [6, 6.07) is 7.91. The summed E-state index contributed by atoms with van der Waals surface area (Å²) in [7, 11) is 0. The minimum absolute atomic E-state index is 0.188. The third kappa shape index (κ3) is 3.64. The Bertz CT molecular complexity index is 875. The first kappa shape index (κ1) is 18.6. The number of aromatic nitrogens is 2. The molecule has 2 aromatic rings. The van der Waals surface area contributed by atoms with E-state index in [2.05, 4.69) is 15.3 Å². The molecule has 0 radical (unpaired) electrons. The fourth-order valence-corrected chi connectivity index (χ4v) is 4.04. The van der Waals surface area contributed by atoms with Gasteiger partial charge in [-0.3, -0.25) is 9.78 Å². The van der Waals surface area contributed by atoms with Crippen LogP contribution in [-0.4, -0.2) is 39.8 Å². The van der Waals surface area contributed by atoms with Gasteiger partial charge in [-0.2, -0.15) is 0 Å². The zero-order valence-electron chi connectivity index (χ0n) is 16.1. The Labute approximate surface area is 165 Å². The van der Waals surface area contributed by atoms with Crippen molar-refractivity contribution >= 4 is 17.8 Å². The molecule has 0 aromatic carbocycles. The van der Waals surface area contributed by atoms with Crippen LogP contribution in [0.25, 0.3) is 17.3 Å². The molecule has 1 saturated carbocycles. The maximum atomic E-state index is 12.9. The van der Waals surface area contributed by atoms with Gasteiger partial charge in [-0.1, -0.05) is 25.3 Å². The van der Waals surface area contributed by atoms with Crippen LogP contribution in [0.5, 0.6) is 0 Å². The molecule has 1 aliphatic heterocycles. The van der Waals surface area contributed by atoms with Crippen LogP contribution in [-0.2, 0) is 4.79 Å². The standard InChI is InChI=1S/C22H26N4O2/c1-2-26-20-15(12-16(14-24-20)19-10-6-7-11-23-19)13-18(22(26)28)21(27)25-17-8-4-3-5-9-17/h6-7,10-14,17,22,28H,2-5,8-9H2,1H3,(H,25,27). The topological polar surface area (TPSA) is 78.4 Å². The van der Waals surface area contributed by atoms with Crippen molar-refractivity contribution < 1.29 is 9.90 Å². The van der Waals surface area contributed by atoms with Crippen LogP contribution < -0.4 is 10.2 Å². The smallest absolute Gasteiger partial charge is 0.252 e. The van der Waals surface area contributed by atoms with E-state index in [1.54, 1.807) is 23.4 Å². The number of amides is 1. The van der Waals surface area contributed by atoms with Crippen LogP contribution in [0, 0.1) is 0 Å². The molecular weight excluding hydrogens is 352 g/mol. The average Bonchev–Trinajstić information content (AvgIpc) is 2.74. The second-order valence-corrected chi connectivity index (χ2v) is 7.42. The normalized spacial score (nSPS) is 19.7. The van der Waals surface area contributed by atoms with Crippen LogP contribution in [0.2, 0.25) is 0 Å². The van der Waals surface area contributed by atoms with E-state index in [1.165, 1.54) is 6.42 Å². The highest BCUT2D eigenvalue weighted by Gasteiger charge is 2.32. The van der Waals surface area contributed by atoms with Crippen LogP contribution >= 0.6 is 0 Å². The molecule has 2 aliphatic rings. The molecule has 146 valence electrons. The second kappa shape index (κ2) is 8.10. The summed E-state index contributed by atoms with van der Waals surface area (Å²) in [5.74, 6) is 0.496. The molecule has 1 fully saturated rings. The molecule has 28 heavy (non-hydrogen) atoms. The fourth-order valence-electron chi connectivity index (χ4n) is 4.04. The number of nitrogens with one attached hydrogen (secondary N) is 1. The van der Waals surface area contributed by atoms with Crippen LogP contribution in [0.3, 0.4) is 0 Å². The lowest BCUT2D eigenvalue weighted by Crippen LogP contribution is -2.46. The van der Waals surface area contributed by atoms with Gasteiger partial charge in [-0.25, -0.2) is 4.98 Å². The molecule has 1 aliphatic carbocycles. The number of fused-ring (bicyclic) bond motifs is 1. The van der Waals surface area contributed by atoms with Crippen molar-refractivity contribution in [3.8, 4) is 11.3 Å². The molecule has 4 rings (SSSR count). The molecule has 6 heteroatoms. The Balaban J connectivity index is 1.66. The van der Waals surface area contributed by atoms with Crippen molar-refractivity contribution in [1.82, 2.24) is 15.3 Å². The number of carbonyl (C=O) groups is 1. The Morgan fingerprint density at radius 2 is 2.07 bits per heavy atom. The van der Waals surface area contributed by atoms with Crippen LogP contribution in [0.1, 0.15) is 44.6 Å². The lowest BCUT2D eigenvalue weighted by atomic mass is 9.94. The molecule has 0 saturated heterocycles. The Morgan fingerprint density at radius 1 is 1.25 bits per heavy atom. The number of hydrogen-bond acceptors (Lipinski definition) is 5. The van der Waals surface area contributed by atoms with Crippen molar-refractivity contribution in [2.24, 2.45) is 0 Å². The monoisotopic (exact) mass is 378 g/mol. The highest BCUT2D eigenvalue weighted by Crippen LogP contribution is 2.32. The summed E-state index contributed by atoms with van der Waals surface area (Å²) in [4.78, 5) is 23.6. The summed E-state index contributed by atoms with van der Waals surface area (Å²) in [5.41, 5.74) is 2.91. The molecule has 0 spiro atoms. The van der Waals surface area contributed by atoms with E-state index in [4.69, 9.17) is 0 Å². The van der Waals surface area contributed by atoms with E-state index in [-0.39, 0.29) is 11.9 Å². The van der Waals surface area contributed by atoms with Crippen molar-refractivity contribution in [2.45, 2.75) is 51.3 Å². The molecule has 0 bridgehead atoms. The molecule has 6 nitrogen and oxygen atoms in total. The summed E-state index contributed by atoms with van der Waals surface area (Å²) in [6.07, 6.45) is 9.83. The number of aliphatic hydroxyl groups is 1. The van der Waals surface area contributed by atoms with Crippen LogP contribution in [0.15, 0.2) is 42.2 Å². The van der Waals surface area contributed by atoms with Gasteiger partial charge in [0, 0.05) is 36.1 Å². The van der Waals surface area contributed by atoms with E-state index in [9.17, 15) is 9.90 Å². The number of pyridine rings is 2. The van der Waals surface area contributed by atoms with Gasteiger partial charge in [-0.05, 0) is 44.0 Å². The van der Waals surface area contributed by atoms with Gasteiger partial charge in [-0.15, -0.1) is 0 Å². The number of aliphatic hydroxyl groups excluding tert-OH is 1. The lowest BCUT2D eigenvalue weighted by Gasteiger charge is -2.34. The average molecular weight is 378 g/mol. The van der Waals surface area contributed by atoms with E-state index in [1.807, 2.05) is 31.2 Å². The predicted molar refractivity (Wildman–Crippen MR) is 109 cm³/mol. The number of likely N-dealkylation sites (N-methyl/N-ethyl adjacent to an activating group) is 1. The van der Waals surface area contributed by atoms with E-state index < -0.39 is 6.23 Å². The molecular formula is C22H26N4O2. The number of nitrogens with zero attached hydrogens (tertiary/aromatic N) is 3. The summed E-state index contributed by atoms with van der Waals surface area (Å²) in [6.45, 7) is 2.50. The number of carbonyl (C=O) groups excluding carboxylic acids is 1. The molecule has 3 heterocycles. The van der Waals surface area contributed by atoms with Gasteiger partial charge in [0.25, 0.3) is 5.91 Å². The SMILES string of the molecule is CCN1c2ncc(-c3ccccn3)cc2C=C(C(=O)NC2CCCCC2)C1O. The van der Waals surface area contributed by atoms with Crippen molar-refractivity contribution in [1.29, 1.82) is 0 Å². The van der Waals surface area contributed by atoms with E-state index in [0.29, 0.717) is 17.9 Å². The lowest BCUT2D eigenvalue weighted by molar-refractivity contribution is -0.119. The maximum absolute atomic E-state index is 12.9. The Hall–Kier alpha value is -2.73. The molecule has 1 amide bonds. The molecule has 1 atom stereocenters. The third-order valence-corrected chi connectivity index (χ3v) is 5.56. The van der Waals surface area contributed by atoms with Gasteiger partial charge in [0.1, 0.15) is 5.82 Å². The number of anilines is 1. The minimum atomic E-state index is -0.991. The highest BCUT2D eigenvalue weighted by molar-refractivity contribution is 6.01. The predicted octanol–water partition coefficient (Wildman–Crippen LogP) is 3.13. The number of rotatable bonds is 4. The highest BCUT2D eigenvalue weighted by atomic mass is 16.3. The number of hydrogen-bond donors (Lipinski definition) is 2. The third-order valence-electron chi connectivity index (χ3n) is 5.56. The quantitative estimate of drug-likeness (QED) is 0.855. The Kier molecular flexibility index (Phi) is 5.39. The molecule has 2 N–H and O–H groups in total. The Morgan fingerprint density at radius 3 is 2.79 bits per heavy atom. The zero-order chi connectivity index (χ0) is 19.5. The summed E-state index contributed by atoms with van der Waals surface area (Å²) < 4.78 is 0. The second-order valence-electron chi connectivity index (χ2n) is 7.42. The fraction of sp³-hybridized carbons (Fsp3) is 0.409. The van der Waals surface area contributed by atoms with E-state index >= 15 is 0 Å². The first-order valence-electron chi connectivity index (χ1n) is 10.1. The van der Waals surface area contributed by atoms with Crippen molar-refractivity contribution in [3.63, 3.8) is 0 Å². The largest absolute Gasteiger partial charge is 0.369 e. The zero-order valence-corrected chi connectivity index (χ0v) is 16.1. The molecule has 1 unspecified atom stereocenters. The van der Waals surface area contributed by atoms with Gasteiger partial charge in [0.15, 0.2) is 6.23 Å². The van der Waals surface area contributed by atoms with Crippen molar-refractivity contribution in [3.05, 3.63) is 47.8 Å². The van der Waals surface area contributed by atoms with Crippen LogP contribution in [0.4, 0.5) is 5.82 Å². The van der Waals surface area contributed by atoms with E-state index in [0.717, 1.165) is 42.5 Å². The minimum Gasteiger partial charge on any atom is -0.369 e. The van der Waals surface area contributed by atoms with Gasteiger partial charge in [0.05, 0.1) is 11.3 Å². The van der Waals surface area contributed by atoms with Gasteiger partial charge < -0.3 is 15.3 Å². The maximum Gasteiger partial charge on any atom is 0.252 e. The van der Waals surface area contributed by atoms with Gasteiger partial charge in [0.2, 0.25) is 0 Å².